The third-order valence-electron chi connectivity index (χ3n) is 5.08. The largest absolute Gasteiger partial charge is 0.381 e. The Morgan fingerprint density at radius 3 is 2.32 bits per heavy atom. The number of urea groups is 1. The third kappa shape index (κ3) is 6.69. The van der Waals surface area contributed by atoms with E-state index in [1.54, 1.807) is 13.2 Å². The fourth-order valence-corrected chi connectivity index (χ4v) is 4.91. The Hall–Kier alpha value is -1.59. The van der Waals surface area contributed by atoms with Gasteiger partial charge in [0, 0.05) is 61.7 Å². The van der Waals surface area contributed by atoms with Gasteiger partial charge in [-0.1, -0.05) is 19.9 Å². The monoisotopic (exact) mass is 458 g/mol. The number of hydrogen-bond acceptors (Lipinski definition) is 5. The smallest absolute Gasteiger partial charge is 0.334 e. The van der Waals surface area contributed by atoms with Crippen molar-refractivity contribution in [2.45, 2.75) is 45.6 Å². The first-order valence-corrected chi connectivity index (χ1v) is 11.6. The first kappa shape index (κ1) is 25.7. The van der Waals surface area contributed by atoms with Crippen molar-refractivity contribution in [3.63, 3.8) is 0 Å². The summed E-state index contributed by atoms with van der Waals surface area (Å²) in [5, 5.41) is 6.74. The van der Waals surface area contributed by atoms with Crippen molar-refractivity contribution in [2.75, 3.05) is 22.8 Å². The number of ether oxygens (including phenoxy) is 1. The van der Waals surface area contributed by atoms with Crippen LogP contribution in [0.2, 0.25) is 0 Å². The number of nitrogens with one attached hydrogen (secondary N) is 2. The summed E-state index contributed by atoms with van der Waals surface area (Å²) >= 11 is 0. The average Bonchev–Trinajstić information content (AvgIpc) is 3.13. The second-order valence-electron chi connectivity index (χ2n) is 7.32. The number of anilines is 2. The van der Waals surface area contributed by atoms with E-state index in [0.29, 0.717) is 37.4 Å². The summed E-state index contributed by atoms with van der Waals surface area (Å²) in [4.78, 5) is 12.6. The topological polar surface area (TPSA) is 106 Å². The van der Waals surface area contributed by atoms with Crippen molar-refractivity contribution in [2.24, 2.45) is 7.05 Å². The van der Waals surface area contributed by atoms with Crippen LogP contribution in [0.5, 0.6) is 0 Å². The maximum atomic E-state index is 13.2. The molecule has 2 aromatic rings. The predicted molar refractivity (Wildman–Crippen MR) is 122 cm³/mol. The molecule has 31 heavy (non-hydrogen) atoms. The Bertz CT molecular complexity index is 967. The van der Waals surface area contributed by atoms with Crippen molar-refractivity contribution in [3.05, 3.63) is 41.7 Å². The van der Waals surface area contributed by atoms with Crippen LogP contribution in [0.25, 0.3) is 0 Å². The molecular weight excluding hydrogens is 429 g/mol. The van der Waals surface area contributed by atoms with Crippen LogP contribution in [0.4, 0.5) is 16.2 Å². The summed E-state index contributed by atoms with van der Waals surface area (Å²) < 4.78 is 36.6. The molecular formula is C20H29N5NaO4S. The molecule has 0 bridgehead atoms. The van der Waals surface area contributed by atoms with Crippen LogP contribution in [0.3, 0.4) is 0 Å². The number of aromatic nitrogens is 2. The van der Waals surface area contributed by atoms with E-state index in [2.05, 4.69) is 21.2 Å². The Morgan fingerprint density at radius 1 is 1.19 bits per heavy atom. The van der Waals surface area contributed by atoms with Gasteiger partial charge >= 0.3 is 16.2 Å². The van der Waals surface area contributed by atoms with Crippen LogP contribution in [-0.4, -0.2) is 73.0 Å². The molecule has 0 unspecified atom stereocenters. The van der Waals surface area contributed by atoms with Gasteiger partial charge in [0.1, 0.15) is 0 Å². The maximum absolute atomic E-state index is 13.2. The molecule has 9 nitrogen and oxygen atoms in total. The summed E-state index contributed by atoms with van der Waals surface area (Å²) in [6.07, 6.45) is 5.81. The molecule has 165 valence electrons. The normalized spacial score (nSPS) is 14.5. The summed E-state index contributed by atoms with van der Waals surface area (Å²) in [6.45, 7) is 4.99. The van der Waals surface area contributed by atoms with Crippen LogP contribution >= 0.6 is 0 Å². The fourth-order valence-electron chi connectivity index (χ4n) is 3.55. The third-order valence-corrected chi connectivity index (χ3v) is 6.55. The van der Waals surface area contributed by atoms with Crippen molar-refractivity contribution in [1.29, 1.82) is 0 Å². The minimum atomic E-state index is -4.15. The molecule has 0 aliphatic carbocycles. The van der Waals surface area contributed by atoms with E-state index in [-0.39, 0.29) is 35.6 Å². The summed E-state index contributed by atoms with van der Waals surface area (Å²) in [7, 11) is -2.44. The molecule has 0 saturated carbocycles. The molecule has 1 aromatic heterocycles. The molecule has 2 amide bonds. The number of rotatable bonds is 7. The van der Waals surface area contributed by atoms with Crippen molar-refractivity contribution >= 4 is 57.2 Å². The molecule has 1 radical (unpaired) electrons. The number of aryl methyl sites for hydroxylation is 3. The van der Waals surface area contributed by atoms with Crippen LogP contribution in [0.15, 0.2) is 30.6 Å². The van der Waals surface area contributed by atoms with Crippen LogP contribution < -0.4 is 14.3 Å². The zero-order valence-corrected chi connectivity index (χ0v) is 21.4. The SMILES string of the molecule is CCc1cc(CC)cc(NC(=O)NS(=O)(=O)N(c2cnn(C)c2)C2CCOCC2)c1.[Na]. The molecule has 0 atom stereocenters. The van der Waals surface area contributed by atoms with Gasteiger partial charge in [-0.05, 0) is 48.9 Å². The van der Waals surface area contributed by atoms with E-state index in [0.717, 1.165) is 24.0 Å². The van der Waals surface area contributed by atoms with Crippen LogP contribution in [0, 0.1) is 0 Å². The van der Waals surface area contributed by atoms with Gasteiger partial charge in [0.05, 0.1) is 17.9 Å². The molecule has 1 aliphatic rings. The molecule has 2 N–H and O–H groups in total. The summed E-state index contributed by atoms with van der Waals surface area (Å²) in [6, 6.07) is 4.66. The van der Waals surface area contributed by atoms with Gasteiger partial charge in [-0.2, -0.15) is 13.5 Å². The zero-order valence-electron chi connectivity index (χ0n) is 18.6. The van der Waals surface area contributed by atoms with E-state index in [4.69, 9.17) is 4.74 Å². The quantitative estimate of drug-likeness (QED) is 0.619. The molecule has 11 heteroatoms. The molecule has 1 fully saturated rings. The van der Waals surface area contributed by atoms with E-state index in [1.807, 2.05) is 26.0 Å². The van der Waals surface area contributed by atoms with E-state index in [1.165, 1.54) is 15.2 Å². The number of benzene rings is 1. The van der Waals surface area contributed by atoms with E-state index < -0.39 is 16.2 Å². The minimum absolute atomic E-state index is 0. The number of nitrogens with zero attached hydrogens (tertiary/aromatic N) is 3. The first-order valence-electron chi connectivity index (χ1n) is 10.1. The van der Waals surface area contributed by atoms with Gasteiger partial charge in [0.15, 0.2) is 0 Å². The fraction of sp³-hybridized carbons (Fsp3) is 0.500. The van der Waals surface area contributed by atoms with Gasteiger partial charge in [-0.15, -0.1) is 0 Å². The average molecular weight is 459 g/mol. The van der Waals surface area contributed by atoms with E-state index in [9.17, 15) is 13.2 Å². The van der Waals surface area contributed by atoms with Crippen molar-refractivity contribution in [1.82, 2.24) is 14.5 Å². The number of hydrogen-bond donors (Lipinski definition) is 2. The van der Waals surface area contributed by atoms with Crippen molar-refractivity contribution in [3.8, 4) is 0 Å². The number of amides is 2. The van der Waals surface area contributed by atoms with Crippen LogP contribution in [-0.2, 0) is 34.8 Å². The second-order valence-corrected chi connectivity index (χ2v) is 8.87. The Balaban J connectivity index is 0.00000341. The Morgan fingerprint density at radius 2 is 1.81 bits per heavy atom. The zero-order chi connectivity index (χ0) is 21.7. The van der Waals surface area contributed by atoms with E-state index >= 15 is 0 Å². The molecule has 1 saturated heterocycles. The van der Waals surface area contributed by atoms with Gasteiger partial charge < -0.3 is 10.1 Å². The van der Waals surface area contributed by atoms with Gasteiger partial charge in [0.25, 0.3) is 0 Å². The second kappa shape index (κ2) is 11.3. The van der Waals surface area contributed by atoms with Crippen molar-refractivity contribution < 1.29 is 17.9 Å². The number of carbonyl (C=O) groups excluding carboxylic acids is 1. The standard InChI is InChI=1S/C20H29N5O4S.Na/c1-4-15-10-16(5-2)12-17(11-15)22-20(26)23-30(27,28)25(18-6-8-29-9-7-18)19-13-21-24(3)14-19;/h10-14,18H,4-9H2,1-3H3,(H2,22,23,26);. The summed E-state index contributed by atoms with van der Waals surface area (Å²) in [5.41, 5.74) is 3.13. The Kier molecular flexibility index (Phi) is 9.38. The molecule has 2 heterocycles. The first-order chi connectivity index (χ1) is 14.3. The molecule has 0 spiro atoms. The van der Waals surface area contributed by atoms with Gasteiger partial charge in [-0.3, -0.25) is 4.68 Å². The Labute approximate surface area is 206 Å². The molecule has 3 rings (SSSR count). The van der Waals surface area contributed by atoms with Gasteiger partial charge in [0.2, 0.25) is 0 Å². The maximum Gasteiger partial charge on any atom is 0.334 e. The minimum Gasteiger partial charge on any atom is -0.381 e. The van der Waals surface area contributed by atoms with Crippen LogP contribution in [0.1, 0.15) is 37.8 Å². The molecule has 1 aliphatic heterocycles. The number of carbonyl (C=O) groups is 1. The van der Waals surface area contributed by atoms with Gasteiger partial charge in [-0.25, -0.2) is 13.8 Å². The predicted octanol–water partition coefficient (Wildman–Crippen LogP) is 2.22. The molecule has 1 aromatic carbocycles. The summed E-state index contributed by atoms with van der Waals surface area (Å²) in [5.74, 6) is 0.